The van der Waals surface area contributed by atoms with Crippen molar-refractivity contribution in [2.75, 3.05) is 20.6 Å². The molecule has 0 aliphatic heterocycles. The molecule has 0 spiro atoms. The van der Waals surface area contributed by atoms with E-state index in [1.54, 1.807) is 13.8 Å². The maximum absolute atomic E-state index is 12.4. The lowest BCUT2D eigenvalue weighted by Gasteiger charge is -2.25. The molecular formula is C21H26N4O2. The number of nitrogens with one attached hydrogen (secondary N) is 2. The number of hydrogen-bond donors (Lipinski definition) is 2. The summed E-state index contributed by atoms with van der Waals surface area (Å²) in [6, 6.07) is 12.1. The van der Waals surface area contributed by atoms with Crippen molar-refractivity contribution in [3.05, 3.63) is 68.6 Å². The molecule has 1 atom stereocenters. The summed E-state index contributed by atoms with van der Waals surface area (Å²) in [5.41, 5.74) is 3.11. The van der Waals surface area contributed by atoms with Crippen LogP contribution in [-0.4, -0.2) is 36.4 Å². The van der Waals surface area contributed by atoms with Gasteiger partial charge < -0.3 is 15.2 Å². The fourth-order valence-electron chi connectivity index (χ4n) is 3.23. The van der Waals surface area contributed by atoms with E-state index in [9.17, 15) is 9.59 Å². The van der Waals surface area contributed by atoms with Gasteiger partial charge >= 0.3 is 0 Å². The van der Waals surface area contributed by atoms with E-state index in [0.717, 1.165) is 11.1 Å². The smallest absolute Gasteiger partial charge is 0.266 e. The number of carbonyl (C=O) groups excluding carboxylic acids is 1. The van der Waals surface area contributed by atoms with Crippen LogP contribution in [-0.2, 0) is 11.2 Å². The monoisotopic (exact) mass is 366 g/mol. The van der Waals surface area contributed by atoms with Gasteiger partial charge in [0.15, 0.2) is 0 Å². The van der Waals surface area contributed by atoms with Gasteiger partial charge in [-0.15, -0.1) is 0 Å². The summed E-state index contributed by atoms with van der Waals surface area (Å²) in [7, 11) is 3.97. The van der Waals surface area contributed by atoms with Crippen LogP contribution in [0.4, 0.5) is 0 Å². The third-order valence-electron chi connectivity index (χ3n) is 4.82. The molecule has 6 heteroatoms. The summed E-state index contributed by atoms with van der Waals surface area (Å²) >= 11 is 0. The fourth-order valence-corrected chi connectivity index (χ4v) is 3.23. The Hall–Kier alpha value is -2.91. The molecular weight excluding hydrogens is 340 g/mol. The number of nitrogens with zero attached hydrogens (tertiary/aromatic N) is 2. The molecule has 1 heterocycles. The predicted molar refractivity (Wildman–Crippen MR) is 105 cm³/mol. The van der Waals surface area contributed by atoms with Crippen molar-refractivity contribution in [1.82, 2.24) is 15.2 Å². The standard InChI is InChI=1S/C21H26N4O2/c1-14-17(15(2)24-21(27)18(14)12-22)10-11-20(26)23-13-19(25(3)4)16-8-6-5-7-9-16/h5-9,19H,10-11,13H2,1-4H3,(H,23,26)(H,24,27). The first-order valence-electron chi connectivity index (χ1n) is 8.95. The number of amides is 1. The molecule has 142 valence electrons. The molecule has 0 bridgehead atoms. The van der Waals surface area contributed by atoms with E-state index in [2.05, 4.69) is 15.2 Å². The Morgan fingerprint density at radius 3 is 2.52 bits per heavy atom. The molecule has 0 fully saturated rings. The van der Waals surface area contributed by atoms with Crippen LogP contribution < -0.4 is 10.9 Å². The number of aromatic amines is 1. The molecule has 2 aromatic rings. The van der Waals surface area contributed by atoms with Crippen molar-refractivity contribution in [2.24, 2.45) is 0 Å². The van der Waals surface area contributed by atoms with Gasteiger partial charge in [-0.25, -0.2) is 0 Å². The number of nitriles is 1. The van der Waals surface area contributed by atoms with Gasteiger partial charge in [0.1, 0.15) is 11.6 Å². The van der Waals surface area contributed by atoms with Crippen molar-refractivity contribution >= 4 is 5.91 Å². The molecule has 27 heavy (non-hydrogen) atoms. The molecule has 1 unspecified atom stereocenters. The second-order valence-corrected chi connectivity index (χ2v) is 6.86. The Kier molecular flexibility index (Phi) is 6.91. The number of benzene rings is 1. The van der Waals surface area contributed by atoms with Crippen LogP contribution in [0.25, 0.3) is 0 Å². The van der Waals surface area contributed by atoms with Gasteiger partial charge in [0, 0.05) is 18.7 Å². The highest BCUT2D eigenvalue weighted by molar-refractivity contribution is 5.76. The third-order valence-corrected chi connectivity index (χ3v) is 4.82. The minimum absolute atomic E-state index is 0.0544. The number of carbonyl (C=O) groups is 1. The Labute approximate surface area is 159 Å². The van der Waals surface area contributed by atoms with Crippen molar-refractivity contribution in [1.29, 1.82) is 5.26 Å². The van der Waals surface area contributed by atoms with E-state index >= 15 is 0 Å². The van der Waals surface area contributed by atoms with Gasteiger partial charge in [-0.1, -0.05) is 30.3 Å². The van der Waals surface area contributed by atoms with Crippen molar-refractivity contribution in [3.8, 4) is 6.07 Å². The average molecular weight is 366 g/mol. The minimum atomic E-state index is -0.377. The summed E-state index contributed by atoms with van der Waals surface area (Å²) in [4.78, 5) is 28.9. The zero-order chi connectivity index (χ0) is 20.0. The molecule has 0 radical (unpaired) electrons. The van der Waals surface area contributed by atoms with Crippen molar-refractivity contribution in [3.63, 3.8) is 0 Å². The second kappa shape index (κ2) is 9.15. The van der Waals surface area contributed by atoms with Crippen molar-refractivity contribution < 1.29 is 4.79 Å². The summed E-state index contributed by atoms with van der Waals surface area (Å²) in [5, 5.41) is 12.1. The Balaban J connectivity index is 2.01. The van der Waals surface area contributed by atoms with Gasteiger partial charge in [-0.3, -0.25) is 9.59 Å². The summed E-state index contributed by atoms with van der Waals surface area (Å²) in [6.45, 7) is 4.06. The lowest BCUT2D eigenvalue weighted by atomic mass is 9.99. The van der Waals surface area contributed by atoms with Gasteiger partial charge in [0.2, 0.25) is 5.91 Å². The zero-order valence-electron chi connectivity index (χ0n) is 16.3. The highest BCUT2D eigenvalue weighted by Gasteiger charge is 2.16. The van der Waals surface area contributed by atoms with Gasteiger partial charge in [0.05, 0.1) is 6.04 Å². The Morgan fingerprint density at radius 1 is 1.26 bits per heavy atom. The molecule has 0 aliphatic carbocycles. The van der Waals surface area contributed by atoms with Crippen LogP contribution >= 0.6 is 0 Å². The normalized spacial score (nSPS) is 11.9. The number of aromatic nitrogens is 1. The molecule has 2 N–H and O–H groups in total. The molecule has 0 saturated carbocycles. The van der Waals surface area contributed by atoms with E-state index in [0.29, 0.717) is 30.6 Å². The minimum Gasteiger partial charge on any atom is -0.354 e. The van der Waals surface area contributed by atoms with Gasteiger partial charge in [0.25, 0.3) is 5.56 Å². The lowest BCUT2D eigenvalue weighted by molar-refractivity contribution is -0.121. The molecule has 1 aromatic carbocycles. The van der Waals surface area contributed by atoms with Crippen LogP contribution in [0.5, 0.6) is 0 Å². The van der Waals surface area contributed by atoms with E-state index in [4.69, 9.17) is 5.26 Å². The molecule has 0 saturated heterocycles. The van der Waals surface area contributed by atoms with Crippen molar-refractivity contribution in [2.45, 2.75) is 32.7 Å². The number of pyridine rings is 1. The number of aryl methyl sites for hydroxylation is 1. The van der Waals surface area contributed by atoms with Crippen LogP contribution in [0.15, 0.2) is 35.1 Å². The highest BCUT2D eigenvalue weighted by Crippen LogP contribution is 2.17. The van der Waals surface area contributed by atoms with Crippen LogP contribution in [0, 0.1) is 25.2 Å². The average Bonchev–Trinajstić information content (AvgIpc) is 2.62. The SMILES string of the molecule is Cc1[nH]c(=O)c(C#N)c(C)c1CCC(=O)NCC(c1ccccc1)N(C)C. The number of hydrogen-bond acceptors (Lipinski definition) is 4. The Morgan fingerprint density at radius 2 is 1.93 bits per heavy atom. The van der Waals surface area contributed by atoms with E-state index in [1.807, 2.05) is 50.5 Å². The summed E-state index contributed by atoms with van der Waals surface area (Å²) < 4.78 is 0. The predicted octanol–water partition coefficient (Wildman–Crippen LogP) is 2.22. The van der Waals surface area contributed by atoms with E-state index < -0.39 is 0 Å². The van der Waals surface area contributed by atoms with E-state index in [1.165, 1.54) is 0 Å². The first-order valence-corrected chi connectivity index (χ1v) is 8.95. The van der Waals surface area contributed by atoms with Crippen LogP contribution in [0.1, 0.15) is 40.4 Å². The molecule has 0 aliphatic rings. The zero-order valence-corrected chi connectivity index (χ0v) is 16.3. The highest BCUT2D eigenvalue weighted by atomic mass is 16.1. The van der Waals surface area contributed by atoms with Crippen LogP contribution in [0.3, 0.4) is 0 Å². The first kappa shape index (κ1) is 20.4. The summed E-state index contributed by atoms with van der Waals surface area (Å²) in [6.07, 6.45) is 0.778. The van der Waals surface area contributed by atoms with Gasteiger partial charge in [-0.05, 0) is 51.1 Å². The summed E-state index contributed by atoms with van der Waals surface area (Å²) in [5.74, 6) is -0.0544. The van der Waals surface area contributed by atoms with E-state index in [-0.39, 0.29) is 23.1 Å². The van der Waals surface area contributed by atoms with Gasteiger partial charge in [-0.2, -0.15) is 5.26 Å². The second-order valence-electron chi connectivity index (χ2n) is 6.86. The maximum atomic E-state index is 12.4. The number of H-pyrrole nitrogens is 1. The molecule has 6 nitrogen and oxygen atoms in total. The fraction of sp³-hybridized carbons (Fsp3) is 0.381. The topological polar surface area (TPSA) is 89.0 Å². The Bertz CT molecular complexity index is 895. The molecule has 2 rings (SSSR count). The number of likely N-dealkylation sites (N-methyl/N-ethyl adjacent to an activating group) is 1. The molecule has 1 amide bonds. The maximum Gasteiger partial charge on any atom is 0.266 e. The van der Waals surface area contributed by atoms with Crippen LogP contribution in [0.2, 0.25) is 0 Å². The quantitative estimate of drug-likeness (QED) is 0.786. The third kappa shape index (κ3) is 5.05. The lowest BCUT2D eigenvalue weighted by Crippen LogP contribution is -2.34. The number of rotatable bonds is 7. The largest absolute Gasteiger partial charge is 0.354 e. The molecule has 1 aromatic heterocycles. The first-order chi connectivity index (χ1) is 12.8.